The lowest BCUT2D eigenvalue weighted by atomic mass is 10.0. The van der Waals surface area contributed by atoms with E-state index in [0.29, 0.717) is 41.7 Å². The van der Waals surface area contributed by atoms with Gasteiger partial charge in [0.15, 0.2) is 0 Å². The van der Waals surface area contributed by atoms with E-state index in [-0.39, 0.29) is 34.6 Å². The van der Waals surface area contributed by atoms with Crippen molar-refractivity contribution in [3.05, 3.63) is 69.8 Å². The lowest BCUT2D eigenvalue weighted by molar-refractivity contribution is -0.0176. The van der Waals surface area contributed by atoms with Gasteiger partial charge in [0, 0.05) is 30.9 Å². The number of pyridine rings is 1. The quantitative estimate of drug-likeness (QED) is 0.421. The number of aromatic nitrogens is 5. The highest BCUT2D eigenvalue weighted by Gasteiger charge is 2.31. The summed E-state index contributed by atoms with van der Waals surface area (Å²) in [5, 5.41) is 14.0. The summed E-state index contributed by atoms with van der Waals surface area (Å²) in [6, 6.07) is 8.39. The van der Waals surface area contributed by atoms with Crippen molar-refractivity contribution in [2.75, 3.05) is 18.0 Å². The fourth-order valence-electron chi connectivity index (χ4n) is 4.87. The molecule has 1 saturated heterocycles. The van der Waals surface area contributed by atoms with E-state index < -0.39 is 5.82 Å². The van der Waals surface area contributed by atoms with E-state index in [4.69, 9.17) is 9.72 Å². The normalized spacial score (nSPS) is 19.8. The van der Waals surface area contributed by atoms with Crippen LogP contribution in [0.1, 0.15) is 48.9 Å². The molecule has 6 rings (SSSR count). The van der Waals surface area contributed by atoms with E-state index in [9.17, 15) is 10.1 Å². The summed E-state index contributed by atoms with van der Waals surface area (Å²) in [4.78, 5) is 24.8. The highest BCUT2D eigenvalue weighted by atomic mass is 19.1. The summed E-state index contributed by atoms with van der Waals surface area (Å²) >= 11 is 0. The topological polar surface area (TPSA) is 102 Å². The molecule has 0 bridgehead atoms. The maximum atomic E-state index is 15.2. The van der Waals surface area contributed by atoms with Crippen molar-refractivity contribution in [2.24, 2.45) is 7.05 Å². The number of ether oxygens (including phenoxy) is 1. The lowest BCUT2D eigenvalue weighted by Crippen LogP contribution is -2.43. The molecule has 0 unspecified atom stereocenters. The highest BCUT2D eigenvalue weighted by Crippen LogP contribution is 2.36. The minimum absolute atomic E-state index is 0.102. The molecule has 0 spiro atoms. The van der Waals surface area contributed by atoms with Crippen LogP contribution in [-0.4, -0.2) is 43.5 Å². The number of morpholine rings is 1. The van der Waals surface area contributed by atoms with Crippen LogP contribution in [0.15, 0.2) is 41.5 Å². The van der Waals surface area contributed by atoms with Gasteiger partial charge in [0.2, 0.25) is 0 Å². The predicted octanol–water partition coefficient (Wildman–Crippen LogP) is 3.81. The molecule has 1 aliphatic heterocycles. The van der Waals surface area contributed by atoms with Crippen molar-refractivity contribution in [2.45, 2.75) is 44.9 Å². The fourth-order valence-corrected chi connectivity index (χ4v) is 4.87. The Balaban J connectivity index is 1.47. The summed E-state index contributed by atoms with van der Waals surface area (Å²) in [6.45, 7) is 4.79. The van der Waals surface area contributed by atoms with Crippen LogP contribution in [0.3, 0.4) is 0 Å². The van der Waals surface area contributed by atoms with Crippen LogP contribution in [0, 0.1) is 24.1 Å². The fraction of sp³-hybridized carbons (Fsp3) is 0.370. The Hall–Kier alpha value is -4.10. The van der Waals surface area contributed by atoms with Crippen molar-refractivity contribution in [3.8, 4) is 17.3 Å². The molecule has 1 aromatic carbocycles. The number of nitriles is 1. The number of halogens is 1. The molecule has 9 nitrogen and oxygen atoms in total. The number of fused-ring (bicyclic) bond motifs is 1. The van der Waals surface area contributed by atoms with Crippen LogP contribution in [-0.2, 0) is 11.8 Å². The van der Waals surface area contributed by atoms with Crippen LogP contribution in [0.25, 0.3) is 22.2 Å². The average molecular weight is 500 g/mol. The predicted molar refractivity (Wildman–Crippen MR) is 136 cm³/mol. The lowest BCUT2D eigenvalue weighted by Gasteiger charge is -2.37. The minimum atomic E-state index is -0.592. The average Bonchev–Trinajstić information content (AvgIpc) is 3.62. The molecular weight excluding hydrogens is 473 g/mol. The number of rotatable bonds is 4. The first-order valence-electron chi connectivity index (χ1n) is 12.3. The number of nitrogens with zero attached hydrogens (tertiary/aromatic N) is 7. The van der Waals surface area contributed by atoms with Crippen molar-refractivity contribution in [1.29, 1.82) is 5.26 Å². The van der Waals surface area contributed by atoms with E-state index >= 15 is 4.39 Å². The molecule has 0 radical (unpaired) electrons. The van der Waals surface area contributed by atoms with Gasteiger partial charge in [-0.05, 0) is 51.0 Å². The van der Waals surface area contributed by atoms with Gasteiger partial charge in [-0.2, -0.15) is 10.4 Å². The Morgan fingerprint density at radius 1 is 1.19 bits per heavy atom. The van der Waals surface area contributed by atoms with Gasteiger partial charge in [-0.1, -0.05) is 0 Å². The molecular formula is C27H26FN7O2. The molecule has 0 amide bonds. The monoisotopic (exact) mass is 499 g/mol. The Labute approximate surface area is 212 Å². The first-order valence-corrected chi connectivity index (χ1v) is 12.3. The molecule has 2 aliphatic rings. The molecule has 0 N–H and O–H groups in total. The first kappa shape index (κ1) is 23.3. The van der Waals surface area contributed by atoms with Crippen molar-refractivity contribution in [1.82, 2.24) is 24.3 Å². The largest absolute Gasteiger partial charge is 0.367 e. The van der Waals surface area contributed by atoms with Crippen molar-refractivity contribution < 1.29 is 9.13 Å². The van der Waals surface area contributed by atoms with Crippen LogP contribution in [0.5, 0.6) is 0 Å². The van der Waals surface area contributed by atoms with Gasteiger partial charge < -0.3 is 9.64 Å². The maximum Gasteiger partial charge on any atom is 0.261 e. The summed E-state index contributed by atoms with van der Waals surface area (Å²) in [5.41, 5.74) is 1.76. The second kappa shape index (κ2) is 8.78. The van der Waals surface area contributed by atoms with E-state index in [1.807, 2.05) is 30.1 Å². The Bertz CT molecular complexity index is 1630. The zero-order chi connectivity index (χ0) is 25.8. The second-order valence-corrected chi connectivity index (χ2v) is 9.88. The number of benzene rings is 1. The summed E-state index contributed by atoms with van der Waals surface area (Å²) < 4.78 is 24.9. The number of hydrogen-bond donors (Lipinski definition) is 0. The van der Waals surface area contributed by atoms with Gasteiger partial charge in [0.05, 0.1) is 41.9 Å². The van der Waals surface area contributed by atoms with Gasteiger partial charge in [-0.3, -0.25) is 14.0 Å². The standard InChI is InChI=1S/C27H26FN7O2/c1-15-12-34(14-23(37-15)18-11-30-35(13-18)19-5-6-19)24-9-21-26(31-16(2)33(3)27(21)36)25(32-24)20-7-4-17(10-29)8-22(20)28/h4,7-9,11,13,15,19,23H,5-6,12,14H2,1-3H3/t15-,23-/m1/s1. The third-order valence-electron chi connectivity index (χ3n) is 7.13. The number of anilines is 1. The molecule has 10 heteroatoms. The second-order valence-electron chi connectivity index (χ2n) is 9.88. The van der Waals surface area contributed by atoms with Crippen LogP contribution in [0.2, 0.25) is 0 Å². The molecule has 4 aromatic rings. The molecule has 1 saturated carbocycles. The number of aryl methyl sites for hydroxylation is 1. The molecule has 2 atom stereocenters. The molecule has 37 heavy (non-hydrogen) atoms. The zero-order valence-corrected chi connectivity index (χ0v) is 20.8. The van der Waals surface area contributed by atoms with Crippen molar-refractivity contribution >= 4 is 16.7 Å². The molecule has 3 aromatic heterocycles. The smallest absolute Gasteiger partial charge is 0.261 e. The Kier molecular flexibility index (Phi) is 5.53. The van der Waals surface area contributed by atoms with E-state index in [1.54, 1.807) is 20.0 Å². The zero-order valence-electron chi connectivity index (χ0n) is 20.8. The maximum absolute atomic E-state index is 15.2. The van der Waals surface area contributed by atoms with Gasteiger partial charge in [0.1, 0.15) is 34.8 Å². The molecule has 4 heterocycles. The Morgan fingerprint density at radius 3 is 2.73 bits per heavy atom. The number of hydrogen-bond acceptors (Lipinski definition) is 7. The van der Waals surface area contributed by atoms with Gasteiger partial charge in [-0.15, -0.1) is 0 Å². The third-order valence-corrected chi connectivity index (χ3v) is 7.13. The summed E-state index contributed by atoms with van der Waals surface area (Å²) in [6.07, 6.45) is 5.87. The van der Waals surface area contributed by atoms with Crippen LogP contribution >= 0.6 is 0 Å². The van der Waals surface area contributed by atoms with Gasteiger partial charge in [0.25, 0.3) is 5.56 Å². The van der Waals surface area contributed by atoms with E-state index in [1.165, 1.54) is 22.8 Å². The highest BCUT2D eigenvalue weighted by molar-refractivity contribution is 5.93. The summed E-state index contributed by atoms with van der Waals surface area (Å²) in [7, 11) is 1.66. The Morgan fingerprint density at radius 2 is 2.00 bits per heavy atom. The minimum Gasteiger partial charge on any atom is -0.367 e. The van der Waals surface area contributed by atoms with Gasteiger partial charge >= 0.3 is 0 Å². The summed E-state index contributed by atoms with van der Waals surface area (Å²) in [5.74, 6) is 0.449. The molecule has 2 fully saturated rings. The van der Waals surface area contributed by atoms with E-state index in [2.05, 4.69) is 15.0 Å². The first-order chi connectivity index (χ1) is 17.8. The van der Waals surface area contributed by atoms with Crippen LogP contribution < -0.4 is 10.5 Å². The van der Waals surface area contributed by atoms with Crippen molar-refractivity contribution in [3.63, 3.8) is 0 Å². The SMILES string of the molecule is Cc1nc2c(-c3ccc(C#N)cc3F)nc(N3C[C@@H](C)O[C@@H](c4cnn(C5CC5)c4)C3)cc2c(=O)n1C. The van der Waals surface area contributed by atoms with Gasteiger partial charge in [-0.25, -0.2) is 14.4 Å². The third kappa shape index (κ3) is 4.15. The van der Waals surface area contributed by atoms with Crippen LogP contribution in [0.4, 0.5) is 10.2 Å². The molecule has 1 aliphatic carbocycles. The van der Waals surface area contributed by atoms with E-state index in [0.717, 1.165) is 18.4 Å². The molecule has 188 valence electrons.